The predicted molar refractivity (Wildman–Crippen MR) is 88.8 cm³/mol. The normalized spacial score (nSPS) is 18.2. The van der Waals surface area contributed by atoms with E-state index in [0.717, 1.165) is 18.7 Å². The highest BCUT2D eigenvalue weighted by Crippen LogP contribution is 2.24. The molecule has 0 saturated carbocycles. The van der Waals surface area contributed by atoms with Gasteiger partial charge < -0.3 is 4.90 Å². The summed E-state index contributed by atoms with van der Waals surface area (Å²) in [5.41, 5.74) is 0.518. The molecule has 1 aliphatic rings. The molecule has 9 heteroatoms. The molecule has 1 aliphatic heterocycles. The maximum absolute atomic E-state index is 12.6. The van der Waals surface area contributed by atoms with Gasteiger partial charge in [0.1, 0.15) is 23.4 Å². The molecule has 124 valence electrons. The van der Waals surface area contributed by atoms with E-state index in [4.69, 9.17) is 0 Å². The van der Waals surface area contributed by atoms with Crippen molar-refractivity contribution in [1.82, 2.24) is 29.6 Å². The second-order valence-electron chi connectivity index (χ2n) is 5.86. The van der Waals surface area contributed by atoms with Gasteiger partial charge >= 0.3 is 0 Å². The summed E-state index contributed by atoms with van der Waals surface area (Å²) in [6, 6.07) is 1.81. The third kappa shape index (κ3) is 2.71. The number of rotatable bonds is 3. The van der Waals surface area contributed by atoms with Gasteiger partial charge in [-0.1, -0.05) is 0 Å². The highest BCUT2D eigenvalue weighted by atomic mass is 32.1. The standard InChI is InChI=1S/C15H16N6O2S/c22-12(7-21-9-17-11-3-5-24-13(11)15(21)23)20-4-1-2-10(6-20)14-16-8-18-19-14/h3,5,8-10H,1-2,4,6-7H2,(H,16,18,19)/t10-/m0/s1. The highest BCUT2D eigenvalue weighted by molar-refractivity contribution is 7.17. The van der Waals surface area contributed by atoms with Gasteiger partial charge in [-0.3, -0.25) is 19.3 Å². The Hall–Kier alpha value is -2.55. The van der Waals surface area contributed by atoms with E-state index >= 15 is 0 Å². The smallest absolute Gasteiger partial charge is 0.271 e. The Kier molecular flexibility index (Phi) is 3.85. The molecule has 1 atom stereocenters. The van der Waals surface area contributed by atoms with E-state index in [0.29, 0.717) is 23.3 Å². The SMILES string of the molecule is O=C(Cn1cnc2ccsc2c1=O)N1CCC[C@H](c2ncn[nH]2)C1. The van der Waals surface area contributed by atoms with Crippen LogP contribution in [0, 0.1) is 0 Å². The Labute approximate surface area is 141 Å². The fraction of sp³-hybridized carbons (Fsp3) is 0.400. The number of piperidine rings is 1. The number of fused-ring (bicyclic) bond motifs is 1. The molecule has 0 radical (unpaired) electrons. The van der Waals surface area contributed by atoms with Crippen LogP contribution >= 0.6 is 11.3 Å². The number of aromatic amines is 1. The topological polar surface area (TPSA) is 96.8 Å². The summed E-state index contributed by atoms with van der Waals surface area (Å²) in [5, 5.41) is 8.59. The van der Waals surface area contributed by atoms with Crippen molar-refractivity contribution in [3.05, 3.63) is 40.3 Å². The van der Waals surface area contributed by atoms with Crippen LogP contribution in [0.3, 0.4) is 0 Å². The zero-order valence-electron chi connectivity index (χ0n) is 12.9. The number of hydrogen-bond donors (Lipinski definition) is 1. The lowest BCUT2D eigenvalue weighted by Crippen LogP contribution is -2.42. The van der Waals surface area contributed by atoms with Gasteiger partial charge in [0.05, 0.1) is 11.8 Å². The average molecular weight is 344 g/mol. The molecule has 1 amide bonds. The summed E-state index contributed by atoms with van der Waals surface area (Å²) in [4.78, 5) is 35.2. The first-order chi connectivity index (χ1) is 11.7. The van der Waals surface area contributed by atoms with Crippen molar-refractivity contribution in [2.24, 2.45) is 0 Å². The van der Waals surface area contributed by atoms with E-state index in [1.54, 1.807) is 11.0 Å². The molecule has 0 spiro atoms. The van der Waals surface area contributed by atoms with E-state index in [9.17, 15) is 9.59 Å². The van der Waals surface area contributed by atoms with Gasteiger partial charge in [0.15, 0.2) is 0 Å². The van der Waals surface area contributed by atoms with Crippen LogP contribution < -0.4 is 5.56 Å². The van der Waals surface area contributed by atoms with E-state index < -0.39 is 0 Å². The maximum Gasteiger partial charge on any atom is 0.271 e. The van der Waals surface area contributed by atoms with Gasteiger partial charge in [0.2, 0.25) is 5.91 Å². The number of likely N-dealkylation sites (tertiary alicyclic amines) is 1. The summed E-state index contributed by atoms with van der Waals surface area (Å²) < 4.78 is 1.97. The predicted octanol–water partition coefficient (Wildman–Crippen LogP) is 0.982. The van der Waals surface area contributed by atoms with Gasteiger partial charge in [-0.25, -0.2) is 9.97 Å². The molecule has 1 saturated heterocycles. The number of H-pyrrole nitrogens is 1. The van der Waals surface area contributed by atoms with Crippen LogP contribution in [0.1, 0.15) is 24.6 Å². The lowest BCUT2D eigenvalue weighted by atomic mass is 9.97. The zero-order chi connectivity index (χ0) is 16.5. The van der Waals surface area contributed by atoms with E-state index in [1.165, 1.54) is 28.6 Å². The van der Waals surface area contributed by atoms with Gasteiger partial charge in [0, 0.05) is 19.0 Å². The fourth-order valence-corrected chi connectivity index (χ4v) is 3.87. The molecule has 1 fully saturated rings. The van der Waals surface area contributed by atoms with Gasteiger partial charge in [0.25, 0.3) is 5.56 Å². The molecule has 0 aliphatic carbocycles. The van der Waals surface area contributed by atoms with Crippen molar-refractivity contribution in [2.75, 3.05) is 13.1 Å². The first-order valence-corrected chi connectivity index (χ1v) is 8.66. The van der Waals surface area contributed by atoms with Crippen molar-refractivity contribution >= 4 is 27.5 Å². The number of thiophene rings is 1. The Balaban J connectivity index is 1.50. The molecule has 0 bridgehead atoms. The first kappa shape index (κ1) is 15.0. The molecular weight excluding hydrogens is 328 g/mol. The number of hydrogen-bond acceptors (Lipinski definition) is 6. The van der Waals surface area contributed by atoms with E-state index in [1.807, 2.05) is 5.38 Å². The Morgan fingerprint density at radius 1 is 1.42 bits per heavy atom. The maximum atomic E-state index is 12.6. The van der Waals surface area contributed by atoms with Crippen molar-refractivity contribution in [3.8, 4) is 0 Å². The molecule has 4 heterocycles. The fourth-order valence-electron chi connectivity index (χ4n) is 3.08. The van der Waals surface area contributed by atoms with Crippen LogP contribution in [-0.2, 0) is 11.3 Å². The lowest BCUT2D eigenvalue weighted by Gasteiger charge is -2.31. The van der Waals surface area contributed by atoms with Crippen LogP contribution in [-0.4, -0.2) is 48.6 Å². The third-order valence-corrected chi connectivity index (χ3v) is 5.23. The molecule has 4 rings (SSSR count). The van der Waals surface area contributed by atoms with Crippen LogP contribution in [0.15, 0.2) is 28.9 Å². The number of nitrogens with zero attached hydrogens (tertiary/aromatic N) is 5. The van der Waals surface area contributed by atoms with Crippen molar-refractivity contribution in [2.45, 2.75) is 25.3 Å². The number of carbonyl (C=O) groups is 1. The quantitative estimate of drug-likeness (QED) is 0.764. The molecule has 24 heavy (non-hydrogen) atoms. The first-order valence-electron chi connectivity index (χ1n) is 7.78. The second-order valence-corrected chi connectivity index (χ2v) is 6.78. The monoisotopic (exact) mass is 344 g/mol. The molecule has 3 aromatic heterocycles. The minimum Gasteiger partial charge on any atom is -0.340 e. The minimum absolute atomic E-state index is 0.0167. The summed E-state index contributed by atoms with van der Waals surface area (Å²) in [7, 11) is 0. The largest absolute Gasteiger partial charge is 0.340 e. The van der Waals surface area contributed by atoms with Gasteiger partial charge in [-0.05, 0) is 24.3 Å². The lowest BCUT2D eigenvalue weighted by molar-refractivity contribution is -0.133. The molecular formula is C15H16N6O2S. The van der Waals surface area contributed by atoms with E-state index in [2.05, 4.69) is 20.2 Å². The minimum atomic E-state index is -0.160. The van der Waals surface area contributed by atoms with Crippen molar-refractivity contribution < 1.29 is 4.79 Å². The molecule has 0 aromatic carbocycles. The summed E-state index contributed by atoms with van der Waals surface area (Å²) in [6.07, 6.45) is 4.82. The van der Waals surface area contributed by atoms with Crippen LogP contribution in [0.4, 0.5) is 0 Å². The van der Waals surface area contributed by atoms with Gasteiger partial charge in [-0.15, -0.1) is 11.3 Å². The highest BCUT2D eigenvalue weighted by Gasteiger charge is 2.26. The summed E-state index contributed by atoms with van der Waals surface area (Å²) in [5.74, 6) is 0.908. The molecule has 0 unspecified atom stereocenters. The number of amides is 1. The third-order valence-electron chi connectivity index (χ3n) is 4.34. The average Bonchev–Trinajstić information content (AvgIpc) is 3.29. The van der Waals surface area contributed by atoms with E-state index in [-0.39, 0.29) is 23.9 Å². The summed E-state index contributed by atoms with van der Waals surface area (Å²) in [6.45, 7) is 1.31. The van der Waals surface area contributed by atoms with Crippen LogP contribution in [0.2, 0.25) is 0 Å². The Bertz CT molecular complexity index is 916. The second kappa shape index (κ2) is 6.16. The number of nitrogens with one attached hydrogen (secondary N) is 1. The summed E-state index contributed by atoms with van der Waals surface area (Å²) >= 11 is 1.35. The van der Waals surface area contributed by atoms with Crippen molar-refractivity contribution in [1.29, 1.82) is 0 Å². The number of aromatic nitrogens is 5. The van der Waals surface area contributed by atoms with Crippen LogP contribution in [0.25, 0.3) is 10.2 Å². The molecule has 8 nitrogen and oxygen atoms in total. The zero-order valence-corrected chi connectivity index (χ0v) is 13.7. The Morgan fingerprint density at radius 2 is 2.33 bits per heavy atom. The van der Waals surface area contributed by atoms with Gasteiger partial charge in [-0.2, -0.15) is 5.10 Å². The number of carbonyl (C=O) groups excluding carboxylic acids is 1. The molecule has 3 aromatic rings. The van der Waals surface area contributed by atoms with Crippen LogP contribution in [0.5, 0.6) is 0 Å². The Morgan fingerprint density at radius 3 is 3.17 bits per heavy atom. The van der Waals surface area contributed by atoms with Crippen molar-refractivity contribution in [3.63, 3.8) is 0 Å². The molecule has 1 N–H and O–H groups in total.